The van der Waals surface area contributed by atoms with Crippen LogP contribution in [-0.4, -0.2) is 30.4 Å². The molecule has 13 heavy (non-hydrogen) atoms. The SMILES string of the molecule is CC1(C)CC[C@@H]([C@H]2COC(=O)N2)O1. The Morgan fingerprint density at radius 3 is 2.77 bits per heavy atom. The zero-order valence-corrected chi connectivity index (χ0v) is 8.00. The van der Waals surface area contributed by atoms with Crippen molar-refractivity contribution < 1.29 is 14.3 Å². The Bertz CT molecular complexity index is 227. The molecule has 4 nitrogen and oxygen atoms in total. The number of hydrogen-bond acceptors (Lipinski definition) is 3. The molecule has 0 radical (unpaired) electrons. The Kier molecular flexibility index (Phi) is 1.95. The first-order chi connectivity index (χ1) is 6.07. The molecule has 2 fully saturated rings. The van der Waals surface area contributed by atoms with E-state index in [4.69, 9.17) is 9.47 Å². The van der Waals surface area contributed by atoms with Crippen molar-refractivity contribution in [2.75, 3.05) is 6.61 Å². The Labute approximate surface area is 77.6 Å². The van der Waals surface area contributed by atoms with Gasteiger partial charge in [-0.1, -0.05) is 0 Å². The lowest BCUT2D eigenvalue weighted by atomic mass is 10.0. The van der Waals surface area contributed by atoms with Gasteiger partial charge in [0, 0.05) is 0 Å². The van der Waals surface area contributed by atoms with Gasteiger partial charge in [0.15, 0.2) is 0 Å². The van der Waals surface area contributed by atoms with Gasteiger partial charge in [-0.15, -0.1) is 0 Å². The third-order valence-corrected chi connectivity index (χ3v) is 2.65. The lowest BCUT2D eigenvalue weighted by Gasteiger charge is -2.21. The molecule has 0 bridgehead atoms. The maximum absolute atomic E-state index is 10.8. The van der Waals surface area contributed by atoms with Crippen LogP contribution in [0.4, 0.5) is 4.79 Å². The van der Waals surface area contributed by atoms with Gasteiger partial charge in [-0.3, -0.25) is 0 Å². The second-order valence-electron chi connectivity index (χ2n) is 4.30. The monoisotopic (exact) mass is 185 g/mol. The van der Waals surface area contributed by atoms with Gasteiger partial charge < -0.3 is 14.8 Å². The highest BCUT2D eigenvalue weighted by Crippen LogP contribution is 2.31. The number of ether oxygens (including phenoxy) is 2. The summed E-state index contributed by atoms with van der Waals surface area (Å²) in [6.07, 6.45) is 1.85. The minimum absolute atomic E-state index is 0.0437. The van der Waals surface area contributed by atoms with Gasteiger partial charge in [0.2, 0.25) is 0 Å². The molecule has 0 aromatic heterocycles. The molecule has 2 heterocycles. The highest BCUT2D eigenvalue weighted by Gasteiger charge is 2.39. The van der Waals surface area contributed by atoms with E-state index in [-0.39, 0.29) is 23.8 Å². The number of nitrogens with one attached hydrogen (secondary N) is 1. The molecular weight excluding hydrogens is 170 g/mol. The molecule has 0 aromatic carbocycles. The summed E-state index contributed by atoms with van der Waals surface area (Å²) < 4.78 is 10.6. The fraction of sp³-hybridized carbons (Fsp3) is 0.889. The van der Waals surface area contributed by atoms with Crippen molar-refractivity contribution in [1.29, 1.82) is 0 Å². The van der Waals surface area contributed by atoms with Crippen LogP contribution in [0.5, 0.6) is 0 Å². The van der Waals surface area contributed by atoms with Crippen molar-refractivity contribution >= 4 is 6.09 Å². The smallest absolute Gasteiger partial charge is 0.407 e. The van der Waals surface area contributed by atoms with E-state index in [1.807, 2.05) is 0 Å². The Morgan fingerprint density at radius 2 is 2.31 bits per heavy atom. The van der Waals surface area contributed by atoms with Gasteiger partial charge >= 0.3 is 6.09 Å². The predicted molar refractivity (Wildman–Crippen MR) is 46.5 cm³/mol. The highest BCUT2D eigenvalue weighted by molar-refractivity contribution is 5.69. The van der Waals surface area contributed by atoms with Crippen LogP contribution in [0.1, 0.15) is 26.7 Å². The molecule has 0 unspecified atom stereocenters. The van der Waals surface area contributed by atoms with Crippen LogP contribution in [0.15, 0.2) is 0 Å². The molecule has 74 valence electrons. The normalized spacial score (nSPS) is 37.2. The number of amides is 1. The van der Waals surface area contributed by atoms with Crippen molar-refractivity contribution in [2.45, 2.75) is 44.4 Å². The van der Waals surface area contributed by atoms with E-state index in [1.165, 1.54) is 0 Å². The molecule has 1 amide bonds. The summed E-state index contributed by atoms with van der Waals surface area (Å²) in [5.41, 5.74) is -0.0437. The van der Waals surface area contributed by atoms with Crippen molar-refractivity contribution in [1.82, 2.24) is 5.32 Å². The molecule has 2 aliphatic rings. The van der Waals surface area contributed by atoms with Crippen LogP contribution in [0.2, 0.25) is 0 Å². The van der Waals surface area contributed by atoms with E-state index < -0.39 is 0 Å². The van der Waals surface area contributed by atoms with Gasteiger partial charge in [0.05, 0.1) is 17.7 Å². The molecule has 0 saturated carbocycles. The van der Waals surface area contributed by atoms with Gasteiger partial charge in [0.1, 0.15) is 6.61 Å². The minimum atomic E-state index is -0.321. The van der Waals surface area contributed by atoms with Crippen LogP contribution in [0, 0.1) is 0 Å². The first-order valence-electron chi connectivity index (χ1n) is 4.68. The zero-order valence-electron chi connectivity index (χ0n) is 8.00. The average Bonchev–Trinajstić information content (AvgIpc) is 2.56. The van der Waals surface area contributed by atoms with Crippen molar-refractivity contribution in [3.63, 3.8) is 0 Å². The number of rotatable bonds is 1. The summed E-state index contributed by atoms with van der Waals surface area (Å²) >= 11 is 0. The number of hydrogen-bond donors (Lipinski definition) is 1. The molecule has 0 spiro atoms. The van der Waals surface area contributed by atoms with Gasteiger partial charge in [-0.25, -0.2) is 4.79 Å². The number of carbonyl (C=O) groups is 1. The van der Waals surface area contributed by atoms with E-state index in [1.54, 1.807) is 0 Å². The summed E-state index contributed by atoms with van der Waals surface area (Å²) in [6.45, 7) is 4.59. The molecule has 2 atom stereocenters. The molecule has 0 aromatic rings. The molecule has 1 N–H and O–H groups in total. The molecule has 2 saturated heterocycles. The Hall–Kier alpha value is -0.770. The maximum Gasteiger partial charge on any atom is 0.407 e. The summed E-state index contributed by atoms with van der Waals surface area (Å²) in [6, 6.07) is 0.0503. The summed E-state index contributed by atoms with van der Waals surface area (Å²) in [4.78, 5) is 10.8. The average molecular weight is 185 g/mol. The first-order valence-corrected chi connectivity index (χ1v) is 4.68. The second-order valence-corrected chi connectivity index (χ2v) is 4.30. The summed E-state index contributed by atoms with van der Waals surface area (Å²) in [5, 5.41) is 2.75. The van der Waals surface area contributed by atoms with Crippen LogP contribution >= 0.6 is 0 Å². The van der Waals surface area contributed by atoms with Crippen molar-refractivity contribution in [3.05, 3.63) is 0 Å². The quantitative estimate of drug-likeness (QED) is 0.664. The topological polar surface area (TPSA) is 47.6 Å². The Balaban J connectivity index is 1.93. The number of alkyl carbamates (subject to hydrolysis) is 1. The third kappa shape index (κ3) is 1.77. The van der Waals surface area contributed by atoms with Crippen molar-refractivity contribution in [3.8, 4) is 0 Å². The van der Waals surface area contributed by atoms with Gasteiger partial charge in [-0.05, 0) is 26.7 Å². The fourth-order valence-electron chi connectivity index (χ4n) is 1.90. The van der Waals surface area contributed by atoms with E-state index in [2.05, 4.69) is 19.2 Å². The minimum Gasteiger partial charge on any atom is -0.447 e. The molecule has 0 aliphatic carbocycles. The Morgan fingerprint density at radius 1 is 1.54 bits per heavy atom. The summed E-state index contributed by atoms with van der Waals surface area (Å²) in [7, 11) is 0. The van der Waals surface area contributed by atoms with E-state index in [9.17, 15) is 4.79 Å². The van der Waals surface area contributed by atoms with E-state index >= 15 is 0 Å². The van der Waals surface area contributed by atoms with Crippen LogP contribution in [-0.2, 0) is 9.47 Å². The summed E-state index contributed by atoms with van der Waals surface area (Å²) in [5.74, 6) is 0. The standard InChI is InChI=1S/C9H15NO3/c1-9(2)4-3-7(13-9)6-5-12-8(11)10-6/h6-7H,3-5H2,1-2H3,(H,10,11)/t6-,7+/m1/s1. The lowest BCUT2D eigenvalue weighted by Crippen LogP contribution is -2.39. The second kappa shape index (κ2) is 2.87. The van der Waals surface area contributed by atoms with Crippen LogP contribution in [0.3, 0.4) is 0 Å². The van der Waals surface area contributed by atoms with Gasteiger partial charge in [-0.2, -0.15) is 0 Å². The number of cyclic esters (lactones) is 1. The zero-order chi connectivity index (χ0) is 9.47. The molecule has 2 rings (SSSR count). The van der Waals surface area contributed by atoms with Crippen LogP contribution < -0.4 is 5.32 Å². The maximum atomic E-state index is 10.8. The van der Waals surface area contributed by atoms with Crippen molar-refractivity contribution in [2.24, 2.45) is 0 Å². The predicted octanol–water partition coefficient (Wildman–Crippen LogP) is 1.05. The molecule has 4 heteroatoms. The van der Waals surface area contributed by atoms with E-state index in [0.29, 0.717) is 6.61 Å². The largest absolute Gasteiger partial charge is 0.447 e. The first kappa shape index (κ1) is 8.81. The van der Waals surface area contributed by atoms with Gasteiger partial charge in [0.25, 0.3) is 0 Å². The fourth-order valence-corrected chi connectivity index (χ4v) is 1.90. The molecular formula is C9H15NO3. The number of carbonyl (C=O) groups excluding carboxylic acids is 1. The van der Waals surface area contributed by atoms with Crippen LogP contribution in [0.25, 0.3) is 0 Å². The van der Waals surface area contributed by atoms with E-state index in [0.717, 1.165) is 12.8 Å². The lowest BCUT2D eigenvalue weighted by molar-refractivity contribution is -0.0291. The molecule has 2 aliphatic heterocycles. The third-order valence-electron chi connectivity index (χ3n) is 2.65. The highest BCUT2D eigenvalue weighted by atomic mass is 16.6.